The highest BCUT2D eigenvalue weighted by Gasteiger charge is 2.49. The minimum atomic E-state index is -2.72. The van der Waals surface area contributed by atoms with Crippen LogP contribution in [0.15, 0.2) is 30.3 Å². The molecular weight excluding hydrogens is 567 g/mol. The summed E-state index contributed by atoms with van der Waals surface area (Å²) in [5, 5.41) is 3.44. The molecule has 0 amide bonds. The van der Waals surface area contributed by atoms with Crippen LogP contribution in [0.2, 0.25) is 5.02 Å². The molecule has 2 aliphatic rings. The summed E-state index contributed by atoms with van der Waals surface area (Å²) in [5.74, 6) is -5.36. The first-order valence-electron chi connectivity index (χ1n) is 13.2. The quantitative estimate of drug-likeness (QED) is 0.222. The van der Waals surface area contributed by atoms with Gasteiger partial charge in [0, 0.05) is 25.6 Å². The van der Waals surface area contributed by atoms with Gasteiger partial charge >= 0.3 is 11.9 Å². The van der Waals surface area contributed by atoms with Crippen LogP contribution < -0.4 is 5.32 Å². The number of thiazole rings is 1. The third kappa shape index (κ3) is 6.12. The number of likely N-dealkylation sites (tertiary alicyclic amines) is 1. The Labute approximate surface area is 238 Å². The average molecular weight is 596 g/mol. The number of hydrogen-bond acceptors (Lipinski definition) is 8. The number of nitrogens with zero attached hydrogens (tertiary/aromatic N) is 2. The molecule has 7 nitrogen and oxygen atoms in total. The number of anilines is 2. The number of carbonyl (C=O) groups is 2. The average Bonchev–Trinajstić information content (AvgIpc) is 3.61. The molecule has 3 aromatic rings. The first kappa shape index (κ1) is 28.8. The minimum Gasteiger partial charge on any atom is -0.469 e. The molecule has 2 fully saturated rings. The van der Waals surface area contributed by atoms with E-state index in [0.717, 1.165) is 23.6 Å². The van der Waals surface area contributed by atoms with Gasteiger partial charge in [0.1, 0.15) is 11.6 Å². The topological polar surface area (TPSA) is 80.8 Å². The molecule has 1 N–H and O–H groups in total. The van der Waals surface area contributed by atoms with E-state index in [9.17, 15) is 14.0 Å². The second kappa shape index (κ2) is 12.0. The van der Waals surface area contributed by atoms with Gasteiger partial charge in [0.05, 0.1) is 40.1 Å². The lowest BCUT2D eigenvalue weighted by Gasteiger charge is -2.37. The van der Waals surface area contributed by atoms with Gasteiger partial charge in [0.25, 0.3) is 0 Å². The van der Waals surface area contributed by atoms with Gasteiger partial charge in [-0.1, -0.05) is 22.9 Å². The van der Waals surface area contributed by atoms with Crippen molar-refractivity contribution < 1.29 is 32.2 Å². The fourth-order valence-corrected chi connectivity index (χ4v) is 6.39. The Hall–Kier alpha value is -2.73. The summed E-state index contributed by atoms with van der Waals surface area (Å²) in [7, 11) is 1.33. The SMILES string of the molecule is COC(=O)C1CCC(OC(F)(C(=O)Cc2cc(Cl)c(Nc3nc4cc(F)ccc4s3)cc2F)N2CCCC2)CC1. The minimum absolute atomic E-state index is 0.0638. The number of ether oxygens (including phenoxy) is 2. The molecule has 1 unspecified atom stereocenters. The summed E-state index contributed by atoms with van der Waals surface area (Å²) < 4.78 is 56.5. The van der Waals surface area contributed by atoms with E-state index in [1.165, 1.54) is 41.5 Å². The highest BCUT2D eigenvalue weighted by molar-refractivity contribution is 7.22. The van der Waals surface area contributed by atoms with Crippen molar-refractivity contribution in [3.05, 3.63) is 52.6 Å². The number of hydrogen-bond donors (Lipinski definition) is 1. The van der Waals surface area contributed by atoms with E-state index in [2.05, 4.69) is 10.3 Å². The van der Waals surface area contributed by atoms with Crippen LogP contribution in [0.1, 0.15) is 44.1 Å². The van der Waals surface area contributed by atoms with Gasteiger partial charge in [-0.15, -0.1) is 0 Å². The number of alkyl halides is 1. The molecule has 1 saturated carbocycles. The van der Waals surface area contributed by atoms with Crippen molar-refractivity contribution in [2.75, 3.05) is 25.5 Å². The highest BCUT2D eigenvalue weighted by Crippen LogP contribution is 2.36. The van der Waals surface area contributed by atoms with Crippen molar-refractivity contribution in [1.82, 2.24) is 9.88 Å². The molecule has 214 valence electrons. The molecule has 1 aliphatic heterocycles. The maximum absolute atomic E-state index is 16.5. The van der Waals surface area contributed by atoms with Gasteiger partial charge in [-0.3, -0.25) is 9.59 Å². The predicted molar refractivity (Wildman–Crippen MR) is 146 cm³/mol. The Morgan fingerprint density at radius 2 is 1.88 bits per heavy atom. The van der Waals surface area contributed by atoms with Gasteiger partial charge in [0.15, 0.2) is 5.13 Å². The van der Waals surface area contributed by atoms with E-state index in [0.29, 0.717) is 49.4 Å². The Morgan fingerprint density at radius 3 is 2.58 bits per heavy atom. The lowest BCUT2D eigenvalue weighted by atomic mass is 9.87. The van der Waals surface area contributed by atoms with E-state index >= 15 is 8.78 Å². The third-order valence-electron chi connectivity index (χ3n) is 7.47. The van der Waals surface area contributed by atoms with E-state index < -0.39 is 35.9 Å². The van der Waals surface area contributed by atoms with Gasteiger partial charge in [-0.25, -0.2) is 18.7 Å². The number of carbonyl (C=O) groups excluding carboxylic acids is 2. The zero-order valence-electron chi connectivity index (χ0n) is 21.9. The number of aromatic nitrogens is 1. The van der Waals surface area contributed by atoms with Crippen molar-refractivity contribution in [2.24, 2.45) is 5.92 Å². The first-order valence-corrected chi connectivity index (χ1v) is 14.4. The molecule has 0 bridgehead atoms. The van der Waals surface area contributed by atoms with Gasteiger partial charge in [-0.05, 0) is 68.4 Å². The molecular formula is C28H29ClF3N3O4S. The number of methoxy groups -OCH3 is 1. The van der Waals surface area contributed by atoms with Crippen LogP contribution in [0.4, 0.5) is 24.0 Å². The number of Topliss-reactive ketones (excluding diaryl/α,β-unsaturated/α-hetero) is 1. The lowest BCUT2D eigenvalue weighted by Crippen LogP contribution is -2.54. The zero-order chi connectivity index (χ0) is 28.4. The number of rotatable bonds is 9. The summed E-state index contributed by atoms with van der Waals surface area (Å²) in [6.07, 6.45) is 2.09. The normalized spacial score (nSPS) is 21.3. The van der Waals surface area contributed by atoms with E-state index in [4.69, 9.17) is 21.1 Å². The highest BCUT2D eigenvalue weighted by atomic mass is 35.5. The number of benzene rings is 2. The molecule has 0 spiro atoms. The molecule has 0 radical (unpaired) electrons. The molecule has 1 saturated heterocycles. The molecule has 2 heterocycles. The van der Waals surface area contributed by atoms with E-state index in [-0.39, 0.29) is 28.2 Å². The zero-order valence-corrected chi connectivity index (χ0v) is 23.4. The Kier molecular flexibility index (Phi) is 8.65. The standard InChI is InChI=1S/C28H29ClF3N3O4S/c1-38-26(37)16-4-7-19(8-5-16)39-28(32,35-10-2-3-11-35)25(36)13-17-12-20(29)22(15-21(17)31)33-27-34-23-14-18(30)6-9-24(23)40-27/h6,9,12,14-16,19H,2-5,7-8,10-11,13H2,1H3,(H,33,34). The van der Waals surface area contributed by atoms with Crippen LogP contribution in [0.3, 0.4) is 0 Å². The molecule has 1 aliphatic carbocycles. The molecule has 12 heteroatoms. The van der Waals surface area contributed by atoms with Crippen LogP contribution in [0, 0.1) is 17.6 Å². The smallest absolute Gasteiger partial charge is 0.330 e. The maximum Gasteiger partial charge on any atom is 0.330 e. The van der Waals surface area contributed by atoms with Crippen LogP contribution >= 0.6 is 22.9 Å². The van der Waals surface area contributed by atoms with Gasteiger partial charge in [0.2, 0.25) is 5.78 Å². The summed E-state index contributed by atoms with van der Waals surface area (Å²) in [6.45, 7) is 0.690. The van der Waals surface area contributed by atoms with Crippen LogP contribution in [-0.4, -0.2) is 53.9 Å². The van der Waals surface area contributed by atoms with E-state index in [1.807, 2.05) is 0 Å². The molecule has 5 rings (SSSR count). The second-order valence-electron chi connectivity index (χ2n) is 10.1. The molecule has 1 aromatic heterocycles. The van der Waals surface area contributed by atoms with Crippen LogP contribution in [-0.2, 0) is 25.5 Å². The van der Waals surface area contributed by atoms with Crippen molar-refractivity contribution in [2.45, 2.75) is 57.0 Å². The Balaban J connectivity index is 1.30. The number of ketones is 1. The predicted octanol–water partition coefficient (Wildman–Crippen LogP) is 6.55. The lowest BCUT2D eigenvalue weighted by molar-refractivity contribution is -0.252. The largest absolute Gasteiger partial charge is 0.469 e. The second-order valence-corrected chi connectivity index (χ2v) is 11.6. The molecule has 40 heavy (non-hydrogen) atoms. The number of nitrogens with one attached hydrogen (secondary N) is 1. The number of fused-ring (bicyclic) bond motifs is 1. The van der Waals surface area contributed by atoms with Crippen molar-refractivity contribution in [1.29, 1.82) is 0 Å². The van der Waals surface area contributed by atoms with Crippen LogP contribution in [0.25, 0.3) is 10.2 Å². The van der Waals surface area contributed by atoms with Crippen molar-refractivity contribution >= 4 is 55.7 Å². The summed E-state index contributed by atoms with van der Waals surface area (Å²) in [5.41, 5.74) is 0.594. The van der Waals surface area contributed by atoms with Gasteiger partial charge in [-0.2, -0.15) is 4.39 Å². The third-order valence-corrected chi connectivity index (χ3v) is 8.73. The maximum atomic E-state index is 16.5. The Morgan fingerprint density at radius 1 is 1.15 bits per heavy atom. The summed E-state index contributed by atoms with van der Waals surface area (Å²) in [6, 6.07) is 6.64. The first-order chi connectivity index (χ1) is 19.2. The van der Waals surface area contributed by atoms with Crippen molar-refractivity contribution in [3.8, 4) is 0 Å². The molecule has 2 aromatic carbocycles. The fourth-order valence-electron chi connectivity index (χ4n) is 5.30. The van der Waals surface area contributed by atoms with E-state index in [1.54, 1.807) is 6.07 Å². The molecule has 1 atom stereocenters. The van der Waals surface area contributed by atoms with Crippen molar-refractivity contribution in [3.63, 3.8) is 0 Å². The number of halogens is 4. The Bertz CT molecular complexity index is 1410. The summed E-state index contributed by atoms with van der Waals surface area (Å²) >= 11 is 7.66. The monoisotopic (exact) mass is 595 g/mol. The number of esters is 1. The fraction of sp³-hybridized carbons (Fsp3) is 0.464. The van der Waals surface area contributed by atoms with Crippen LogP contribution in [0.5, 0.6) is 0 Å². The summed E-state index contributed by atoms with van der Waals surface area (Å²) in [4.78, 5) is 30.9. The van der Waals surface area contributed by atoms with Gasteiger partial charge < -0.3 is 14.8 Å².